The highest BCUT2D eigenvalue weighted by Crippen LogP contribution is 2.42. The lowest BCUT2D eigenvalue weighted by atomic mass is 9.99. The summed E-state index contributed by atoms with van der Waals surface area (Å²) in [4.78, 5) is 26.7. The van der Waals surface area contributed by atoms with Crippen LogP contribution < -0.4 is 5.32 Å². The van der Waals surface area contributed by atoms with Gasteiger partial charge in [0.1, 0.15) is 17.4 Å². The Kier molecular flexibility index (Phi) is 5.57. The molecule has 2 aliphatic heterocycles. The highest BCUT2D eigenvalue weighted by Gasteiger charge is 2.49. The highest BCUT2D eigenvalue weighted by molar-refractivity contribution is 6.30. The Morgan fingerprint density at radius 3 is 2.47 bits per heavy atom. The fourth-order valence-electron chi connectivity index (χ4n) is 3.89. The van der Waals surface area contributed by atoms with E-state index in [1.807, 2.05) is 26.8 Å². The number of hydrogen-bond acceptors (Lipinski definition) is 4. The number of hydrogen-bond donors (Lipinski definition) is 1. The normalized spacial score (nSPS) is 23.8. The van der Waals surface area contributed by atoms with Gasteiger partial charge in [0, 0.05) is 10.7 Å². The van der Waals surface area contributed by atoms with Crippen molar-refractivity contribution >= 4 is 29.4 Å². The third kappa shape index (κ3) is 4.51. The van der Waals surface area contributed by atoms with Crippen molar-refractivity contribution in [2.24, 2.45) is 5.92 Å². The number of fused-ring (bicyclic) bond motifs is 1. The zero-order valence-electron chi connectivity index (χ0n) is 17.6. The minimum Gasteiger partial charge on any atom is -0.496 e. The summed E-state index contributed by atoms with van der Waals surface area (Å²) in [6.07, 6.45) is 5.03. The number of carbonyl (C=O) groups is 2. The van der Waals surface area contributed by atoms with Crippen molar-refractivity contribution in [3.8, 4) is 0 Å². The molecule has 2 heterocycles. The number of ether oxygens (including phenoxy) is 2. The van der Waals surface area contributed by atoms with Gasteiger partial charge in [0.25, 0.3) is 0 Å². The first-order valence-electron chi connectivity index (χ1n) is 10.5. The Morgan fingerprint density at radius 2 is 1.83 bits per heavy atom. The standard InChI is InChI=1S/C22H28ClN3O4/c1-22(2,3)30-21(28)26-18(14-6-7-14)13-19-17(5-4-12-29-19)25(26)20(27)24-16-10-8-15(23)9-11-16/h8-11,13-14,17-18H,4-7,12H2,1-3H3,(H,24,27)/t17-,18-/m1/s1. The van der Waals surface area contributed by atoms with Crippen LogP contribution in [-0.4, -0.2) is 46.4 Å². The fourth-order valence-corrected chi connectivity index (χ4v) is 4.01. The quantitative estimate of drug-likeness (QED) is 0.697. The molecule has 1 aromatic rings. The van der Waals surface area contributed by atoms with Crippen molar-refractivity contribution in [3.05, 3.63) is 41.1 Å². The van der Waals surface area contributed by atoms with Crippen LogP contribution in [0.3, 0.4) is 0 Å². The summed E-state index contributed by atoms with van der Waals surface area (Å²) in [5, 5.41) is 6.48. The zero-order valence-corrected chi connectivity index (χ0v) is 18.3. The molecule has 2 atom stereocenters. The molecule has 3 amide bonds. The van der Waals surface area contributed by atoms with Crippen molar-refractivity contribution < 1.29 is 19.1 Å². The first-order chi connectivity index (χ1) is 14.2. The minimum atomic E-state index is -0.670. The first-order valence-corrected chi connectivity index (χ1v) is 10.8. The van der Waals surface area contributed by atoms with Crippen molar-refractivity contribution in [1.82, 2.24) is 10.0 Å². The second kappa shape index (κ2) is 8.02. The average Bonchev–Trinajstić information content (AvgIpc) is 3.52. The van der Waals surface area contributed by atoms with Crippen LogP contribution >= 0.6 is 11.6 Å². The molecule has 0 aromatic heterocycles. The third-order valence-electron chi connectivity index (χ3n) is 5.35. The number of nitrogens with one attached hydrogen (secondary N) is 1. The summed E-state index contributed by atoms with van der Waals surface area (Å²) < 4.78 is 11.6. The lowest BCUT2D eigenvalue weighted by molar-refractivity contribution is -0.0813. The SMILES string of the molecule is CC(C)(C)OC(=O)N1[C@@H](C2CC2)C=C2OCCC[C@H]2N1C(=O)Nc1ccc(Cl)cc1. The molecule has 1 saturated heterocycles. The molecule has 2 fully saturated rings. The van der Waals surface area contributed by atoms with Gasteiger partial charge in [-0.2, -0.15) is 0 Å². The first kappa shape index (κ1) is 20.8. The van der Waals surface area contributed by atoms with Crippen molar-refractivity contribution in [2.45, 2.75) is 64.1 Å². The minimum absolute atomic E-state index is 0.264. The number of nitrogens with zero attached hydrogens (tertiary/aromatic N) is 2. The number of halogens is 1. The van der Waals surface area contributed by atoms with Gasteiger partial charge in [0.2, 0.25) is 0 Å². The second-order valence-electron chi connectivity index (χ2n) is 9.01. The maximum absolute atomic E-state index is 13.4. The molecule has 8 heteroatoms. The summed E-state index contributed by atoms with van der Waals surface area (Å²) >= 11 is 5.96. The van der Waals surface area contributed by atoms with Gasteiger partial charge >= 0.3 is 12.1 Å². The van der Waals surface area contributed by atoms with Gasteiger partial charge in [0.15, 0.2) is 0 Å². The molecule has 4 rings (SSSR count). The molecule has 1 aromatic carbocycles. The van der Waals surface area contributed by atoms with Crippen LogP contribution in [0.15, 0.2) is 36.1 Å². The summed E-state index contributed by atoms with van der Waals surface area (Å²) in [7, 11) is 0. The van der Waals surface area contributed by atoms with Crippen LogP contribution in [0.1, 0.15) is 46.5 Å². The summed E-state index contributed by atoms with van der Waals surface area (Å²) in [6.45, 7) is 6.09. The number of urea groups is 1. The Balaban J connectivity index is 1.68. The third-order valence-corrected chi connectivity index (χ3v) is 5.60. The number of hydrazine groups is 1. The van der Waals surface area contributed by atoms with Crippen LogP contribution in [0, 0.1) is 5.92 Å². The van der Waals surface area contributed by atoms with E-state index in [9.17, 15) is 9.59 Å². The van der Waals surface area contributed by atoms with E-state index in [-0.39, 0.29) is 12.1 Å². The summed E-state index contributed by atoms with van der Waals surface area (Å²) in [5.41, 5.74) is -0.0688. The number of anilines is 1. The summed E-state index contributed by atoms with van der Waals surface area (Å²) in [5.74, 6) is 1.06. The number of carbonyl (C=O) groups excluding carboxylic acids is 2. The zero-order chi connectivity index (χ0) is 21.5. The van der Waals surface area contributed by atoms with Crippen LogP contribution in [-0.2, 0) is 9.47 Å². The lowest BCUT2D eigenvalue weighted by Crippen LogP contribution is -2.64. The van der Waals surface area contributed by atoms with Crippen molar-refractivity contribution in [1.29, 1.82) is 0 Å². The van der Waals surface area contributed by atoms with Gasteiger partial charge in [-0.15, -0.1) is 0 Å². The summed E-state index contributed by atoms with van der Waals surface area (Å²) in [6, 6.07) is 5.88. The Morgan fingerprint density at radius 1 is 1.13 bits per heavy atom. The van der Waals surface area contributed by atoms with Gasteiger partial charge in [-0.25, -0.2) is 19.6 Å². The fraction of sp³-hybridized carbons (Fsp3) is 0.545. The lowest BCUT2D eigenvalue weighted by Gasteiger charge is -2.48. The predicted octanol–water partition coefficient (Wildman–Crippen LogP) is 5.18. The number of benzene rings is 1. The van der Waals surface area contributed by atoms with Gasteiger partial charge in [-0.3, -0.25) is 0 Å². The van der Waals surface area contributed by atoms with E-state index in [2.05, 4.69) is 5.32 Å². The Bertz CT molecular complexity index is 845. The predicted molar refractivity (Wildman–Crippen MR) is 114 cm³/mol. The maximum atomic E-state index is 13.4. The van der Waals surface area contributed by atoms with Gasteiger partial charge in [0.05, 0.1) is 12.6 Å². The molecule has 162 valence electrons. The van der Waals surface area contributed by atoms with Gasteiger partial charge < -0.3 is 14.8 Å². The van der Waals surface area contributed by atoms with Gasteiger partial charge in [-0.05, 0) is 82.7 Å². The topological polar surface area (TPSA) is 71.1 Å². The maximum Gasteiger partial charge on any atom is 0.430 e. The molecule has 30 heavy (non-hydrogen) atoms. The Hall–Kier alpha value is -2.41. The molecule has 0 bridgehead atoms. The van der Waals surface area contributed by atoms with Crippen LogP contribution in [0.2, 0.25) is 5.02 Å². The van der Waals surface area contributed by atoms with E-state index >= 15 is 0 Å². The Labute approximate surface area is 181 Å². The van der Waals surface area contributed by atoms with E-state index < -0.39 is 17.7 Å². The van der Waals surface area contributed by atoms with E-state index in [1.54, 1.807) is 24.3 Å². The van der Waals surface area contributed by atoms with Crippen molar-refractivity contribution in [2.75, 3.05) is 11.9 Å². The molecule has 0 radical (unpaired) electrons. The molecule has 7 nitrogen and oxygen atoms in total. The molecule has 0 unspecified atom stereocenters. The number of rotatable bonds is 2. The molecule has 1 saturated carbocycles. The average molecular weight is 434 g/mol. The molecular formula is C22H28ClN3O4. The monoisotopic (exact) mass is 433 g/mol. The van der Waals surface area contributed by atoms with Crippen LogP contribution in [0.25, 0.3) is 0 Å². The van der Waals surface area contributed by atoms with E-state index in [4.69, 9.17) is 21.1 Å². The van der Waals surface area contributed by atoms with Crippen LogP contribution in [0.5, 0.6) is 0 Å². The van der Waals surface area contributed by atoms with Crippen molar-refractivity contribution in [3.63, 3.8) is 0 Å². The molecule has 0 spiro atoms. The van der Waals surface area contributed by atoms with E-state index in [0.29, 0.717) is 23.2 Å². The van der Waals surface area contributed by atoms with E-state index in [1.165, 1.54) is 10.0 Å². The highest BCUT2D eigenvalue weighted by atomic mass is 35.5. The molecule has 1 aliphatic carbocycles. The van der Waals surface area contributed by atoms with Gasteiger partial charge in [-0.1, -0.05) is 11.6 Å². The largest absolute Gasteiger partial charge is 0.496 e. The molecule has 3 aliphatic rings. The van der Waals surface area contributed by atoms with E-state index in [0.717, 1.165) is 31.4 Å². The molecule has 1 N–H and O–H groups in total. The number of amides is 3. The van der Waals surface area contributed by atoms with Crippen LogP contribution in [0.4, 0.5) is 15.3 Å². The smallest absolute Gasteiger partial charge is 0.430 e. The molecular weight excluding hydrogens is 406 g/mol. The second-order valence-corrected chi connectivity index (χ2v) is 9.45.